The number of nitrogens with two attached hydrogens (primary N) is 1. The fourth-order valence-electron chi connectivity index (χ4n) is 8.64. The molecule has 3 atom stereocenters. The Morgan fingerprint density at radius 3 is 2.46 bits per heavy atom. The summed E-state index contributed by atoms with van der Waals surface area (Å²) in [7, 11) is 0. The number of hydrogen-bond acceptors (Lipinski definition) is 13. The summed E-state index contributed by atoms with van der Waals surface area (Å²) in [6, 6.07) is 18.0. The molecule has 4 aliphatic heterocycles. The normalized spacial score (nSPS) is 24.0. The van der Waals surface area contributed by atoms with E-state index in [2.05, 4.69) is 36.8 Å². The van der Waals surface area contributed by atoms with Crippen LogP contribution in [0.3, 0.4) is 0 Å². The second-order valence-electron chi connectivity index (χ2n) is 16.2. The molecular weight excluding hydrogens is 781 g/mol. The predicted molar refractivity (Wildman–Crippen MR) is 227 cm³/mol. The zero-order valence-corrected chi connectivity index (χ0v) is 34.4. The first kappa shape index (κ1) is 40.3. The van der Waals surface area contributed by atoms with Gasteiger partial charge >= 0.3 is 6.03 Å². The second kappa shape index (κ2) is 16.7. The number of phenolic OH excluding ortho intramolecular Hbond substituents is 1. The molecule has 318 valence electrons. The van der Waals surface area contributed by atoms with Gasteiger partial charge in [0.05, 0.1) is 54.7 Å². The number of aromatic nitrogens is 4. The van der Waals surface area contributed by atoms with E-state index in [1.54, 1.807) is 24.4 Å². The Morgan fingerprint density at radius 2 is 1.72 bits per heavy atom. The maximum atomic E-state index is 13.7. The van der Waals surface area contributed by atoms with Gasteiger partial charge in [-0.3, -0.25) is 24.7 Å². The summed E-state index contributed by atoms with van der Waals surface area (Å²) in [6.07, 6.45) is 3.15. The van der Waals surface area contributed by atoms with Crippen LogP contribution in [0.4, 0.5) is 22.0 Å². The van der Waals surface area contributed by atoms with Gasteiger partial charge in [0.1, 0.15) is 17.5 Å². The third-order valence-electron chi connectivity index (χ3n) is 12.4. The number of phenols is 1. The highest BCUT2D eigenvalue weighted by atomic mass is 16.7. The average molecular weight is 831 g/mol. The van der Waals surface area contributed by atoms with Crippen molar-refractivity contribution in [2.24, 2.45) is 0 Å². The molecule has 0 bridgehead atoms. The van der Waals surface area contributed by atoms with Gasteiger partial charge in [-0.15, -0.1) is 10.2 Å². The zero-order valence-electron chi connectivity index (χ0n) is 34.4. The van der Waals surface area contributed by atoms with E-state index in [0.717, 1.165) is 27.8 Å². The van der Waals surface area contributed by atoms with E-state index in [0.29, 0.717) is 87.4 Å². The number of ether oxygens (including phenoxy) is 3. The fraction of sp³-hybridized carbons (Fsp3) is 0.409. The molecular formula is C44H50N10O7. The monoisotopic (exact) mass is 830 g/mol. The summed E-state index contributed by atoms with van der Waals surface area (Å²) in [5.41, 5.74) is 12.2. The van der Waals surface area contributed by atoms with Crippen LogP contribution < -0.4 is 20.9 Å². The number of carbonyl (C=O) groups is 3. The van der Waals surface area contributed by atoms with Crippen molar-refractivity contribution in [2.45, 2.75) is 57.8 Å². The highest BCUT2D eigenvalue weighted by Gasteiger charge is 2.35. The van der Waals surface area contributed by atoms with Crippen LogP contribution in [-0.4, -0.2) is 130 Å². The first-order valence-electron chi connectivity index (χ1n) is 20.8. The van der Waals surface area contributed by atoms with Gasteiger partial charge in [-0.25, -0.2) is 9.78 Å². The maximum Gasteiger partial charge on any atom is 0.328 e. The average Bonchev–Trinajstić information content (AvgIpc) is 3.60. The van der Waals surface area contributed by atoms with Crippen molar-refractivity contribution in [3.8, 4) is 17.0 Å². The summed E-state index contributed by atoms with van der Waals surface area (Å²) in [5, 5.41) is 22.2. The molecule has 0 unspecified atom stereocenters. The van der Waals surface area contributed by atoms with Crippen molar-refractivity contribution in [2.75, 3.05) is 74.6 Å². The highest BCUT2D eigenvalue weighted by Crippen LogP contribution is 2.37. The molecule has 2 aromatic carbocycles. The molecule has 0 aliphatic carbocycles. The predicted octanol–water partition coefficient (Wildman–Crippen LogP) is 4.26. The van der Waals surface area contributed by atoms with Crippen molar-refractivity contribution in [3.05, 3.63) is 89.7 Å². The van der Waals surface area contributed by atoms with E-state index in [4.69, 9.17) is 24.9 Å². The van der Waals surface area contributed by atoms with Gasteiger partial charge < -0.3 is 39.4 Å². The van der Waals surface area contributed by atoms with Gasteiger partial charge in [0.15, 0.2) is 12.1 Å². The zero-order chi connectivity index (χ0) is 42.4. The Kier molecular flexibility index (Phi) is 11.0. The molecule has 0 radical (unpaired) electrons. The van der Waals surface area contributed by atoms with Crippen LogP contribution >= 0.6 is 0 Å². The molecule has 4 amide bonds. The van der Waals surface area contributed by atoms with Crippen LogP contribution in [0, 0.1) is 6.92 Å². The number of aromatic hydroxyl groups is 1. The summed E-state index contributed by atoms with van der Waals surface area (Å²) in [4.78, 5) is 50.3. The van der Waals surface area contributed by atoms with E-state index < -0.39 is 6.03 Å². The Balaban J connectivity index is 0.770. The minimum Gasteiger partial charge on any atom is -0.507 e. The third-order valence-corrected chi connectivity index (χ3v) is 12.4. The van der Waals surface area contributed by atoms with Gasteiger partial charge in [-0.05, 0) is 68.3 Å². The number of benzene rings is 2. The lowest BCUT2D eigenvalue weighted by Crippen LogP contribution is -2.51. The van der Waals surface area contributed by atoms with Gasteiger partial charge in [0, 0.05) is 74.9 Å². The van der Waals surface area contributed by atoms with E-state index >= 15 is 0 Å². The van der Waals surface area contributed by atoms with Crippen LogP contribution in [0.1, 0.15) is 53.9 Å². The smallest absolute Gasteiger partial charge is 0.328 e. The first-order valence-corrected chi connectivity index (χ1v) is 20.8. The van der Waals surface area contributed by atoms with Crippen LogP contribution in [-0.2, 0) is 19.0 Å². The van der Waals surface area contributed by atoms with Crippen LogP contribution in [0.25, 0.3) is 22.3 Å². The number of piperazine rings is 1. The maximum absolute atomic E-state index is 13.7. The molecule has 7 heterocycles. The van der Waals surface area contributed by atoms with Crippen molar-refractivity contribution in [1.29, 1.82) is 0 Å². The summed E-state index contributed by atoms with van der Waals surface area (Å²) in [6.45, 7) is 11.1. The lowest BCUT2D eigenvalue weighted by atomic mass is 10.0. The minimum atomic E-state index is -0.438. The highest BCUT2D eigenvalue weighted by molar-refractivity contribution is 6.06. The molecule has 17 nitrogen and oxygen atoms in total. The van der Waals surface area contributed by atoms with Crippen molar-refractivity contribution < 1.29 is 33.7 Å². The number of hydrogen-bond donors (Lipinski definition) is 3. The number of imide groups is 1. The number of carbonyl (C=O) groups excluding carboxylic acids is 3. The third kappa shape index (κ3) is 8.08. The number of morpholine rings is 1. The molecule has 4 saturated heterocycles. The van der Waals surface area contributed by atoms with Crippen molar-refractivity contribution in [1.82, 2.24) is 34.9 Å². The number of amides is 4. The SMILES string of the molecule is Cc1cn(C2COC(CN3CCN(C(=O)c4ccc([C@H]5CN(c6cc(-c7ccccc7O)nnc6N)[C@@H](C)[C@@H](C)O5)cc4)CC3)OC2)c2ncc(N3CCC(=O)NC3=O)cc12. The van der Waals surface area contributed by atoms with Crippen LogP contribution in [0.5, 0.6) is 5.75 Å². The Labute approximate surface area is 353 Å². The van der Waals surface area contributed by atoms with Crippen molar-refractivity contribution in [3.63, 3.8) is 0 Å². The lowest BCUT2D eigenvalue weighted by Gasteiger charge is -2.43. The van der Waals surface area contributed by atoms with Gasteiger partial charge in [-0.2, -0.15) is 0 Å². The molecule has 4 aliphatic rings. The summed E-state index contributed by atoms with van der Waals surface area (Å²) in [5.74, 6) is 0.130. The number of urea groups is 1. The van der Waals surface area contributed by atoms with E-state index in [1.807, 2.05) is 67.4 Å². The molecule has 4 fully saturated rings. The summed E-state index contributed by atoms with van der Waals surface area (Å²) >= 11 is 0. The fourth-order valence-corrected chi connectivity index (χ4v) is 8.64. The Bertz CT molecular complexity index is 2450. The molecule has 0 spiro atoms. The quantitative estimate of drug-likeness (QED) is 0.201. The number of rotatable bonds is 8. The summed E-state index contributed by atoms with van der Waals surface area (Å²) < 4.78 is 21.0. The molecule has 61 heavy (non-hydrogen) atoms. The number of nitrogens with zero attached hydrogens (tertiary/aromatic N) is 8. The van der Waals surface area contributed by atoms with Crippen LogP contribution in [0.2, 0.25) is 0 Å². The number of aryl methyl sites for hydroxylation is 1. The van der Waals surface area contributed by atoms with Crippen LogP contribution in [0.15, 0.2) is 73.1 Å². The number of fused-ring (bicyclic) bond motifs is 1. The molecule has 17 heteroatoms. The molecule has 3 aromatic heterocycles. The number of pyridine rings is 1. The van der Waals surface area contributed by atoms with Gasteiger partial charge in [0.25, 0.3) is 5.91 Å². The molecule has 4 N–H and O–H groups in total. The largest absolute Gasteiger partial charge is 0.507 e. The van der Waals surface area contributed by atoms with Gasteiger partial charge in [0.2, 0.25) is 5.91 Å². The lowest BCUT2D eigenvalue weighted by molar-refractivity contribution is -0.204. The van der Waals surface area contributed by atoms with Crippen molar-refractivity contribution >= 4 is 46.1 Å². The molecule has 9 rings (SSSR count). The Hall–Kier alpha value is -6.14. The van der Waals surface area contributed by atoms with Gasteiger partial charge in [-0.1, -0.05) is 24.3 Å². The minimum absolute atomic E-state index is 0.0101. The second-order valence-corrected chi connectivity index (χ2v) is 16.2. The van der Waals surface area contributed by atoms with E-state index in [1.165, 1.54) is 4.90 Å². The first-order chi connectivity index (χ1) is 29.5. The Morgan fingerprint density at radius 1 is 0.967 bits per heavy atom. The number of nitrogen functional groups attached to an aromatic ring is 1. The number of para-hydroxylation sites is 1. The van der Waals surface area contributed by atoms with E-state index in [9.17, 15) is 19.5 Å². The van der Waals surface area contributed by atoms with E-state index in [-0.39, 0.29) is 54.6 Å². The molecule has 5 aromatic rings. The topological polar surface area (TPSA) is 194 Å². The standard InChI is InChI=1S/C44H50N10O7/c1-26-21-54(42-34(26)18-31(20-46-42)52-13-12-39(56)47-44(52)58)32-24-59-40(60-25-32)23-50-14-16-51(17-15-50)43(57)30-10-8-29(9-11-30)38-22-53(27(2)28(3)61-38)36-19-35(48-49-41(36)45)33-6-4-5-7-37(33)55/h4-11,18-21,27-28,32,38,40,55H,12-17,22-25H2,1-3H3,(H2,45,49)(H,47,56,58)/t27-,28+,32?,38+,40?/m0/s1. The number of anilines is 3. The molecule has 0 saturated carbocycles. The number of nitrogens with one attached hydrogen (secondary N) is 1.